The molecule has 0 aliphatic rings. The highest BCUT2D eigenvalue weighted by molar-refractivity contribution is 5.96. The molecule has 0 fully saturated rings. The maximum absolute atomic E-state index is 10.6. The van der Waals surface area contributed by atoms with Crippen molar-refractivity contribution in [2.75, 3.05) is 13.1 Å². The number of hydrogen-bond donors (Lipinski definition) is 1. The number of hydrogen-bond acceptors (Lipinski definition) is 3. The largest absolute Gasteiger partial charge is 0.357 e. The quantitative estimate of drug-likeness (QED) is 0.367. The van der Waals surface area contributed by atoms with Crippen molar-refractivity contribution in [3.05, 3.63) is 39.9 Å². The topological polar surface area (TPSA) is 70.2 Å². The predicted molar refractivity (Wildman–Crippen MR) is 62.8 cm³/mol. The van der Waals surface area contributed by atoms with E-state index < -0.39 is 4.92 Å². The van der Waals surface area contributed by atoms with E-state index in [0.717, 1.165) is 13.1 Å². The second-order valence-electron chi connectivity index (χ2n) is 3.33. The molecule has 0 spiro atoms. The lowest BCUT2D eigenvalue weighted by molar-refractivity contribution is -0.384. The molecule has 0 atom stereocenters. The Kier molecular flexibility index (Phi) is 3.99. The van der Waals surface area contributed by atoms with Gasteiger partial charge in [-0.1, -0.05) is 12.1 Å². The van der Waals surface area contributed by atoms with Gasteiger partial charge in [0.1, 0.15) is 5.84 Å². The van der Waals surface area contributed by atoms with Crippen molar-refractivity contribution in [2.45, 2.75) is 13.8 Å². The van der Waals surface area contributed by atoms with Gasteiger partial charge >= 0.3 is 0 Å². The van der Waals surface area contributed by atoms with Crippen molar-refractivity contribution in [1.29, 1.82) is 5.41 Å². The lowest BCUT2D eigenvalue weighted by atomic mass is 10.1. The summed E-state index contributed by atoms with van der Waals surface area (Å²) in [6.45, 7) is 5.35. The molecule has 0 aliphatic heterocycles. The molecule has 1 rings (SSSR count). The van der Waals surface area contributed by atoms with Crippen LogP contribution in [0.4, 0.5) is 5.69 Å². The summed E-state index contributed by atoms with van der Waals surface area (Å²) in [6, 6.07) is 6.18. The third-order valence-electron chi connectivity index (χ3n) is 2.41. The van der Waals surface area contributed by atoms with E-state index in [2.05, 4.69) is 0 Å². The molecule has 0 amide bonds. The van der Waals surface area contributed by atoms with Crippen molar-refractivity contribution >= 4 is 11.5 Å². The van der Waals surface area contributed by atoms with Crippen molar-refractivity contribution in [3.63, 3.8) is 0 Å². The normalized spacial score (nSPS) is 9.88. The Hall–Kier alpha value is -1.91. The molecular weight excluding hydrogens is 206 g/mol. The summed E-state index contributed by atoms with van der Waals surface area (Å²) in [7, 11) is 0. The Bertz CT molecular complexity index is 400. The van der Waals surface area contributed by atoms with Gasteiger partial charge in [0.15, 0.2) is 0 Å². The van der Waals surface area contributed by atoms with Crippen molar-refractivity contribution < 1.29 is 4.92 Å². The standard InChI is InChI=1S/C11H15N3O2/c1-3-13(4-2)11(12)9-6-5-7-10(8-9)14(15)16/h5-8,12H,3-4H2,1-2H3. The molecule has 1 N–H and O–H groups in total. The Labute approximate surface area is 94.4 Å². The molecule has 0 saturated heterocycles. The molecule has 5 heteroatoms. The van der Waals surface area contributed by atoms with E-state index in [-0.39, 0.29) is 5.69 Å². The molecule has 1 aromatic carbocycles. The summed E-state index contributed by atoms with van der Waals surface area (Å²) in [4.78, 5) is 12.0. The van der Waals surface area contributed by atoms with Crippen LogP contribution in [-0.4, -0.2) is 28.7 Å². The van der Waals surface area contributed by atoms with Gasteiger partial charge in [0, 0.05) is 30.8 Å². The van der Waals surface area contributed by atoms with Gasteiger partial charge in [-0.05, 0) is 13.8 Å². The number of nitrogens with zero attached hydrogens (tertiary/aromatic N) is 2. The van der Waals surface area contributed by atoms with Crippen molar-refractivity contribution in [2.24, 2.45) is 0 Å². The van der Waals surface area contributed by atoms with Crippen LogP contribution in [0.25, 0.3) is 0 Å². The Morgan fingerprint density at radius 1 is 1.44 bits per heavy atom. The molecule has 86 valence electrons. The third-order valence-corrected chi connectivity index (χ3v) is 2.41. The molecule has 0 aromatic heterocycles. The Morgan fingerprint density at radius 3 is 2.56 bits per heavy atom. The number of nitrogens with one attached hydrogen (secondary N) is 1. The highest BCUT2D eigenvalue weighted by atomic mass is 16.6. The van der Waals surface area contributed by atoms with Gasteiger partial charge in [0.2, 0.25) is 0 Å². The molecule has 0 aliphatic carbocycles. The fourth-order valence-corrected chi connectivity index (χ4v) is 1.49. The van der Waals surface area contributed by atoms with Gasteiger partial charge < -0.3 is 4.90 Å². The Balaban J connectivity index is 3.00. The molecule has 0 bridgehead atoms. The van der Waals surface area contributed by atoms with E-state index in [0.29, 0.717) is 11.4 Å². The predicted octanol–water partition coefficient (Wildman–Crippen LogP) is 2.26. The van der Waals surface area contributed by atoms with E-state index in [9.17, 15) is 10.1 Å². The van der Waals surface area contributed by atoms with E-state index in [4.69, 9.17) is 5.41 Å². The average Bonchev–Trinajstić information content (AvgIpc) is 2.30. The van der Waals surface area contributed by atoms with Gasteiger partial charge in [0.25, 0.3) is 5.69 Å². The minimum Gasteiger partial charge on any atom is -0.357 e. The zero-order chi connectivity index (χ0) is 12.1. The van der Waals surface area contributed by atoms with E-state index in [1.54, 1.807) is 12.1 Å². The fraction of sp³-hybridized carbons (Fsp3) is 0.364. The van der Waals surface area contributed by atoms with Crippen LogP contribution in [0.2, 0.25) is 0 Å². The number of non-ortho nitro benzene ring substituents is 1. The van der Waals surface area contributed by atoms with Crippen LogP contribution in [0.5, 0.6) is 0 Å². The van der Waals surface area contributed by atoms with E-state index in [1.165, 1.54) is 12.1 Å². The molecule has 0 saturated carbocycles. The summed E-state index contributed by atoms with van der Waals surface area (Å²) in [6.07, 6.45) is 0. The second kappa shape index (κ2) is 5.25. The van der Waals surface area contributed by atoms with Crippen LogP contribution in [0.3, 0.4) is 0 Å². The summed E-state index contributed by atoms with van der Waals surface area (Å²) < 4.78 is 0. The Morgan fingerprint density at radius 2 is 2.06 bits per heavy atom. The SMILES string of the molecule is CCN(CC)C(=N)c1cccc([N+](=O)[O-])c1. The van der Waals surface area contributed by atoms with Crippen LogP contribution in [0, 0.1) is 15.5 Å². The first kappa shape index (κ1) is 12.2. The van der Waals surface area contributed by atoms with E-state index in [1.807, 2.05) is 18.7 Å². The number of amidine groups is 1. The van der Waals surface area contributed by atoms with Crippen LogP contribution in [0.15, 0.2) is 24.3 Å². The first-order valence-electron chi connectivity index (χ1n) is 5.18. The summed E-state index contributed by atoms with van der Waals surface area (Å²) >= 11 is 0. The molecule has 0 radical (unpaired) electrons. The fourth-order valence-electron chi connectivity index (χ4n) is 1.49. The van der Waals surface area contributed by atoms with Crippen LogP contribution < -0.4 is 0 Å². The molecule has 1 aromatic rings. The zero-order valence-electron chi connectivity index (χ0n) is 9.43. The highest BCUT2D eigenvalue weighted by Gasteiger charge is 2.12. The zero-order valence-corrected chi connectivity index (χ0v) is 9.43. The lowest BCUT2D eigenvalue weighted by Gasteiger charge is -2.21. The van der Waals surface area contributed by atoms with Gasteiger partial charge in [0.05, 0.1) is 4.92 Å². The minimum atomic E-state index is -0.445. The number of rotatable bonds is 4. The maximum Gasteiger partial charge on any atom is 0.270 e. The second-order valence-corrected chi connectivity index (χ2v) is 3.33. The van der Waals surface area contributed by atoms with Gasteiger partial charge in [-0.3, -0.25) is 15.5 Å². The molecule has 0 unspecified atom stereocenters. The van der Waals surface area contributed by atoms with Crippen molar-refractivity contribution in [3.8, 4) is 0 Å². The molecular formula is C11H15N3O2. The summed E-state index contributed by atoms with van der Waals surface area (Å²) in [5, 5.41) is 18.5. The van der Waals surface area contributed by atoms with Crippen LogP contribution in [0.1, 0.15) is 19.4 Å². The number of benzene rings is 1. The van der Waals surface area contributed by atoms with Gasteiger partial charge in [-0.15, -0.1) is 0 Å². The third kappa shape index (κ3) is 2.56. The maximum atomic E-state index is 10.6. The molecule has 5 nitrogen and oxygen atoms in total. The highest BCUT2D eigenvalue weighted by Crippen LogP contribution is 2.14. The monoisotopic (exact) mass is 221 g/mol. The molecule has 16 heavy (non-hydrogen) atoms. The summed E-state index contributed by atoms with van der Waals surface area (Å²) in [5.41, 5.74) is 0.604. The molecule has 0 heterocycles. The number of nitro benzene ring substituents is 1. The lowest BCUT2D eigenvalue weighted by Crippen LogP contribution is -2.30. The minimum absolute atomic E-state index is 0.0226. The number of nitro groups is 1. The van der Waals surface area contributed by atoms with Gasteiger partial charge in [-0.25, -0.2) is 0 Å². The summed E-state index contributed by atoms with van der Waals surface area (Å²) in [5.74, 6) is 0.328. The smallest absolute Gasteiger partial charge is 0.270 e. The first-order chi connectivity index (χ1) is 7.60. The van der Waals surface area contributed by atoms with E-state index >= 15 is 0 Å². The van der Waals surface area contributed by atoms with Gasteiger partial charge in [-0.2, -0.15) is 0 Å². The van der Waals surface area contributed by atoms with Crippen LogP contribution >= 0.6 is 0 Å². The first-order valence-corrected chi connectivity index (χ1v) is 5.18. The van der Waals surface area contributed by atoms with Crippen molar-refractivity contribution in [1.82, 2.24) is 4.90 Å². The van der Waals surface area contributed by atoms with Crippen LogP contribution in [-0.2, 0) is 0 Å². The average molecular weight is 221 g/mol.